The van der Waals surface area contributed by atoms with Crippen molar-refractivity contribution in [3.05, 3.63) is 59.7 Å². The van der Waals surface area contributed by atoms with Crippen LogP contribution in [0, 0.1) is 23.6 Å². The van der Waals surface area contributed by atoms with Gasteiger partial charge in [0.15, 0.2) is 0 Å². The lowest BCUT2D eigenvalue weighted by atomic mass is 10.1. The highest BCUT2D eigenvalue weighted by Crippen LogP contribution is 2.51. The second-order valence-corrected chi connectivity index (χ2v) is 9.28. The van der Waals surface area contributed by atoms with Crippen LogP contribution in [0.1, 0.15) is 0 Å². The van der Waals surface area contributed by atoms with Crippen LogP contribution in [0.3, 0.4) is 0 Å². The number of hydrogen-bond acceptors (Lipinski definition) is 6. The zero-order valence-electron chi connectivity index (χ0n) is 17.9. The van der Waals surface area contributed by atoms with Crippen molar-refractivity contribution >= 4 is 61.5 Å². The third-order valence-electron chi connectivity index (χ3n) is 6.10. The highest BCUT2D eigenvalue weighted by atomic mass is 79.9. The molecule has 1 aliphatic heterocycles. The Labute approximate surface area is 208 Å². The number of carbonyl (C=O) groups excluding carboxylic acids is 1. The van der Waals surface area contributed by atoms with Gasteiger partial charge in [-0.25, -0.2) is 14.4 Å². The molecule has 0 bridgehead atoms. The Morgan fingerprint density at radius 2 is 2.09 bits per heavy atom. The number of allylic oxidation sites excluding steroid dienone is 1. The summed E-state index contributed by atoms with van der Waals surface area (Å²) in [5, 5.41) is 7.26. The molecule has 34 heavy (non-hydrogen) atoms. The lowest BCUT2D eigenvalue weighted by Crippen LogP contribution is -2.12. The molecular weight excluding hydrogens is 527 g/mol. The van der Waals surface area contributed by atoms with Crippen molar-refractivity contribution in [3.8, 4) is 5.75 Å². The summed E-state index contributed by atoms with van der Waals surface area (Å²) in [4.78, 5) is 21.1. The number of fused-ring (bicyclic) bond motifs is 2. The predicted molar refractivity (Wildman–Crippen MR) is 133 cm³/mol. The normalized spacial score (nSPS) is 21.0. The number of nitrogens with one attached hydrogen (secondary N) is 2. The van der Waals surface area contributed by atoms with Crippen LogP contribution in [0.2, 0.25) is 5.02 Å². The first-order valence-corrected chi connectivity index (χ1v) is 12.3. The monoisotopic (exact) mass is 546 g/mol. The van der Waals surface area contributed by atoms with Gasteiger partial charge in [-0.3, -0.25) is 4.79 Å². The van der Waals surface area contributed by atoms with E-state index in [1.165, 1.54) is 24.5 Å². The number of nitrogens with zero attached hydrogens (tertiary/aromatic N) is 2. The standard InChI is InChI=1S/C24H21BrClFN4O3/c25-5-1-2-23(32)31-21-7-14-20(8-22(21)34-11-17-15-9-33-10-16(15)17)28-12-29-24(14)30-13-3-4-19(27)18(26)6-13/h1-4,6-8,12,15-17H,5,9-11H2,(H,31,32)(H,28,29,30)/b2-1+/t15-,16+,17?. The number of hydrogen-bond donors (Lipinski definition) is 2. The van der Waals surface area contributed by atoms with E-state index in [1.807, 2.05) is 0 Å². The average Bonchev–Trinajstić information content (AvgIpc) is 3.24. The maximum Gasteiger partial charge on any atom is 0.248 e. The molecule has 1 saturated carbocycles. The van der Waals surface area contributed by atoms with Crippen molar-refractivity contribution in [2.24, 2.45) is 17.8 Å². The summed E-state index contributed by atoms with van der Waals surface area (Å²) in [5.41, 5.74) is 1.71. The van der Waals surface area contributed by atoms with E-state index in [2.05, 4.69) is 36.5 Å². The fourth-order valence-corrected chi connectivity index (χ4v) is 4.60. The number of alkyl halides is 1. The molecule has 7 nitrogen and oxygen atoms in total. The van der Waals surface area contributed by atoms with Gasteiger partial charge in [-0.1, -0.05) is 33.6 Å². The zero-order valence-corrected chi connectivity index (χ0v) is 20.3. The Balaban J connectivity index is 1.46. The van der Waals surface area contributed by atoms with E-state index < -0.39 is 5.82 Å². The van der Waals surface area contributed by atoms with Crippen LogP contribution in [0.25, 0.3) is 10.9 Å². The minimum absolute atomic E-state index is 0.000761. The summed E-state index contributed by atoms with van der Waals surface area (Å²) in [5.74, 6) is 1.81. The molecule has 2 heterocycles. The number of anilines is 3. The van der Waals surface area contributed by atoms with E-state index in [0.29, 0.717) is 63.5 Å². The highest BCUT2D eigenvalue weighted by Gasteiger charge is 2.54. The molecule has 0 radical (unpaired) electrons. The van der Waals surface area contributed by atoms with E-state index in [1.54, 1.807) is 24.3 Å². The molecule has 1 saturated heterocycles. The molecule has 0 spiro atoms. The minimum Gasteiger partial charge on any atom is -0.491 e. The Kier molecular flexibility index (Phi) is 6.67. The maximum absolute atomic E-state index is 13.6. The molecule has 1 aromatic heterocycles. The third-order valence-corrected chi connectivity index (χ3v) is 6.76. The van der Waals surface area contributed by atoms with Crippen LogP contribution in [-0.2, 0) is 9.53 Å². The number of amides is 1. The Hall–Kier alpha value is -2.75. The van der Waals surface area contributed by atoms with Crippen LogP contribution in [0.5, 0.6) is 5.75 Å². The van der Waals surface area contributed by atoms with Gasteiger partial charge in [0.05, 0.1) is 36.0 Å². The fourth-order valence-electron chi connectivity index (χ4n) is 4.23. The van der Waals surface area contributed by atoms with Gasteiger partial charge in [-0.15, -0.1) is 0 Å². The average molecular weight is 548 g/mol. The number of rotatable bonds is 8. The van der Waals surface area contributed by atoms with Gasteiger partial charge >= 0.3 is 0 Å². The summed E-state index contributed by atoms with van der Waals surface area (Å²) in [6.45, 7) is 2.12. The maximum atomic E-state index is 13.6. The molecule has 1 unspecified atom stereocenters. The van der Waals surface area contributed by atoms with Crippen LogP contribution < -0.4 is 15.4 Å². The van der Waals surface area contributed by atoms with Gasteiger partial charge in [0.1, 0.15) is 23.7 Å². The van der Waals surface area contributed by atoms with Gasteiger partial charge in [0.2, 0.25) is 5.91 Å². The highest BCUT2D eigenvalue weighted by molar-refractivity contribution is 9.09. The number of benzene rings is 2. The first-order valence-electron chi connectivity index (χ1n) is 10.8. The first-order chi connectivity index (χ1) is 16.5. The van der Waals surface area contributed by atoms with Crippen LogP contribution >= 0.6 is 27.5 Å². The lowest BCUT2D eigenvalue weighted by molar-refractivity contribution is -0.111. The van der Waals surface area contributed by atoms with E-state index >= 15 is 0 Å². The van der Waals surface area contributed by atoms with Gasteiger partial charge in [-0.05, 0) is 36.1 Å². The quantitative estimate of drug-likeness (QED) is 0.293. The fraction of sp³-hybridized carbons (Fsp3) is 0.292. The molecular formula is C24H21BrClFN4O3. The zero-order chi connectivity index (χ0) is 23.7. The van der Waals surface area contributed by atoms with E-state index in [4.69, 9.17) is 21.1 Å². The summed E-state index contributed by atoms with van der Waals surface area (Å²) in [7, 11) is 0. The number of carbonyl (C=O) groups is 1. The number of ether oxygens (including phenoxy) is 2. The lowest BCUT2D eigenvalue weighted by Gasteiger charge is -2.15. The molecule has 2 aromatic carbocycles. The summed E-state index contributed by atoms with van der Waals surface area (Å²) >= 11 is 9.19. The largest absolute Gasteiger partial charge is 0.491 e. The van der Waals surface area contributed by atoms with E-state index in [0.717, 1.165) is 13.2 Å². The molecule has 3 atom stereocenters. The van der Waals surface area contributed by atoms with Crippen molar-refractivity contribution in [2.45, 2.75) is 0 Å². The molecule has 2 fully saturated rings. The molecule has 3 aromatic rings. The number of aromatic nitrogens is 2. The molecule has 2 N–H and O–H groups in total. The van der Waals surface area contributed by atoms with Crippen molar-refractivity contribution in [2.75, 3.05) is 35.8 Å². The minimum atomic E-state index is -0.505. The topological polar surface area (TPSA) is 85.4 Å². The Bertz CT molecular complexity index is 1260. The second kappa shape index (κ2) is 9.85. The van der Waals surface area contributed by atoms with Crippen LogP contribution in [0.15, 0.2) is 48.8 Å². The smallest absolute Gasteiger partial charge is 0.248 e. The summed E-state index contributed by atoms with van der Waals surface area (Å²) < 4.78 is 25.2. The predicted octanol–water partition coefficient (Wildman–Crippen LogP) is 5.33. The van der Waals surface area contributed by atoms with Crippen molar-refractivity contribution in [1.29, 1.82) is 0 Å². The second-order valence-electron chi connectivity index (χ2n) is 8.23. The first kappa shape index (κ1) is 23.0. The third kappa shape index (κ3) is 4.87. The van der Waals surface area contributed by atoms with E-state index in [-0.39, 0.29) is 10.9 Å². The SMILES string of the molecule is O=C(/C=C/CBr)Nc1cc2c(Nc3ccc(F)c(Cl)c3)ncnc2cc1OCC1[C@H]2COC[C@@H]12. The molecule has 1 amide bonds. The van der Waals surface area contributed by atoms with Crippen molar-refractivity contribution < 1.29 is 18.7 Å². The van der Waals surface area contributed by atoms with Gasteiger partial charge in [0.25, 0.3) is 0 Å². The summed E-state index contributed by atoms with van der Waals surface area (Å²) in [6.07, 6.45) is 4.59. The molecule has 2 aliphatic rings. The van der Waals surface area contributed by atoms with E-state index in [9.17, 15) is 9.18 Å². The molecule has 5 rings (SSSR count). The number of halogens is 3. The van der Waals surface area contributed by atoms with Crippen LogP contribution in [0.4, 0.5) is 21.6 Å². The summed E-state index contributed by atoms with van der Waals surface area (Å²) in [6, 6.07) is 7.89. The Morgan fingerprint density at radius 3 is 2.85 bits per heavy atom. The molecule has 1 aliphatic carbocycles. The van der Waals surface area contributed by atoms with Gasteiger partial charge in [0, 0.05) is 34.5 Å². The molecule has 10 heteroatoms. The van der Waals surface area contributed by atoms with Crippen molar-refractivity contribution in [1.82, 2.24) is 9.97 Å². The van der Waals surface area contributed by atoms with Crippen LogP contribution in [-0.4, -0.2) is 41.0 Å². The molecule has 176 valence electrons. The van der Waals surface area contributed by atoms with Gasteiger partial charge in [-0.2, -0.15) is 0 Å². The van der Waals surface area contributed by atoms with Crippen molar-refractivity contribution in [3.63, 3.8) is 0 Å². The van der Waals surface area contributed by atoms with Gasteiger partial charge < -0.3 is 20.1 Å². The Morgan fingerprint density at radius 1 is 1.26 bits per heavy atom.